The molecule has 2 aromatic rings. The Bertz CT molecular complexity index is 653. The molecule has 1 aliphatic heterocycles. The average molecular weight is 268 g/mol. The topological polar surface area (TPSA) is 64.3 Å². The third-order valence-corrected chi connectivity index (χ3v) is 3.42. The van der Waals surface area contributed by atoms with Gasteiger partial charge in [0.2, 0.25) is 6.10 Å². The standard InChI is InChI=1S/C16H16N2O2/c1-2-10-8-12(17)15-13(9-10)18-16(19)14(20-15)11-6-4-3-5-7-11/h3-9,14H,2,17H2,1H3,(H,18,19). The Morgan fingerprint density at radius 1 is 1.25 bits per heavy atom. The SMILES string of the molecule is CCc1cc(N)c2c(c1)NC(=O)C(c1ccccc1)O2. The Labute approximate surface area is 117 Å². The number of hydrogen-bond donors (Lipinski definition) is 2. The van der Waals surface area contributed by atoms with Crippen molar-refractivity contribution in [3.63, 3.8) is 0 Å². The van der Waals surface area contributed by atoms with Crippen LogP contribution in [0.4, 0.5) is 11.4 Å². The molecule has 0 aliphatic carbocycles. The zero-order valence-electron chi connectivity index (χ0n) is 11.2. The third-order valence-electron chi connectivity index (χ3n) is 3.42. The Morgan fingerprint density at radius 3 is 2.70 bits per heavy atom. The van der Waals surface area contributed by atoms with Gasteiger partial charge in [0, 0.05) is 5.56 Å². The summed E-state index contributed by atoms with van der Waals surface area (Å²) in [6, 6.07) is 13.2. The van der Waals surface area contributed by atoms with E-state index < -0.39 is 6.10 Å². The van der Waals surface area contributed by atoms with Crippen LogP contribution >= 0.6 is 0 Å². The largest absolute Gasteiger partial charge is 0.471 e. The predicted octanol–water partition coefficient (Wildman–Crippen LogP) is 2.90. The molecule has 3 N–H and O–H groups in total. The highest BCUT2D eigenvalue weighted by molar-refractivity contribution is 5.99. The minimum Gasteiger partial charge on any atom is -0.471 e. The van der Waals surface area contributed by atoms with Crippen LogP contribution in [0.1, 0.15) is 24.2 Å². The van der Waals surface area contributed by atoms with Crippen molar-refractivity contribution in [3.8, 4) is 5.75 Å². The Hall–Kier alpha value is -2.49. The van der Waals surface area contributed by atoms with Crippen molar-refractivity contribution in [2.75, 3.05) is 11.1 Å². The van der Waals surface area contributed by atoms with E-state index in [1.54, 1.807) is 0 Å². The van der Waals surface area contributed by atoms with Crippen LogP contribution in [-0.4, -0.2) is 5.91 Å². The maximum Gasteiger partial charge on any atom is 0.270 e. The molecule has 0 aromatic heterocycles. The molecule has 4 heteroatoms. The van der Waals surface area contributed by atoms with E-state index in [2.05, 4.69) is 5.32 Å². The van der Waals surface area contributed by atoms with E-state index in [0.717, 1.165) is 17.5 Å². The molecule has 2 aromatic carbocycles. The second-order valence-corrected chi connectivity index (χ2v) is 4.81. The fraction of sp³-hybridized carbons (Fsp3) is 0.188. The molecule has 0 saturated heterocycles. The summed E-state index contributed by atoms with van der Waals surface area (Å²) in [5.41, 5.74) is 9.12. The summed E-state index contributed by atoms with van der Waals surface area (Å²) in [7, 11) is 0. The second kappa shape index (κ2) is 4.89. The van der Waals surface area contributed by atoms with Crippen molar-refractivity contribution in [2.24, 2.45) is 0 Å². The van der Waals surface area contributed by atoms with Crippen molar-refractivity contribution in [3.05, 3.63) is 53.6 Å². The van der Waals surface area contributed by atoms with E-state index >= 15 is 0 Å². The van der Waals surface area contributed by atoms with E-state index in [0.29, 0.717) is 17.1 Å². The lowest BCUT2D eigenvalue weighted by Gasteiger charge is -2.27. The lowest BCUT2D eigenvalue weighted by molar-refractivity contribution is -0.123. The molecule has 0 bridgehead atoms. The number of nitrogens with two attached hydrogens (primary N) is 1. The number of aryl methyl sites for hydroxylation is 1. The van der Waals surface area contributed by atoms with E-state index in [-0.39, 0.29) is 5.91 Å². The highest BCUT2D eigenvalue weighted by Crippen LogP contribution is 2.40. The molecule has 1 heterocycles. The first-order valence-electron chi connectivity index (χ1n) is 6.64. The minimum atomic E-state index is -0.654. The monoisotopic (exact) mass is 268 g/mol. The normalized spacial score (nSPS) is 17.1. The van der Waals surface area contributed by atoms with Crippen LogP contribution < -0.4 is 15.8 Å². The molecule has 1 atom stereocenters. The number of rotatable bonds is 2. The van der Waals surface area contributed by atoms with Crippen LogP contribution in [0.25, 0.3) is 0 Å². The van der Waals surface area contributed by atoms with E-state index in [1.165, 1.54) is 0 Å². The molecule has 0 saturated carbocycles. The number of amides is 1. The minimum absolute atomic E-state index is 0.170. The van der Waals surface area contributed by atoms with Crippen LogP contribution in [-0.2, 0) is 11.2 Å². The molecule has 1 aliphatic rings. The molecule has 0 fully saturated rings. The number of ether oxygens (including phenoxy) is 1. The van der Waals surface area contributed by atoms with Crippen molar-refractivity contribution in [1.82, 2.24) is 0 Å². The van der Waals surface area contributed by atoms with Gasteiger partial charge in [-0.05, 0) is 24.1 Å². The van der Waals surface area contributed by atoms with Crippen LogP contribution in [0.15, 0.2) is 42.5 Å². The van der Waals surface area contributed by atoms with E-state index in [9.17, 15) is 4.79 Å². The molecular weight excluding hydrogens is 252 g/mol. The Balaban J connectivity index is 2.01. The molecule has 4 nitrogen and oxygen atoms in total. The third kappa shape index (κ3) is 2.09. The van der Waals surface area contributed by atoms with Gasteiger partial charge in [0.15, 0.2) is 5.75 Å². The smallest absolute Gasteiger partial charge is 0.270 e. The fourth-order valence-electron chi connectivity index (χ4n) is 2.36. The molecule has 1 unspecified atom stereocenters. The van der Waals surface area contributed by atoms with Gasteiger partial charge in [0.1, 0.15) is 0 Å². The molecule has 0 radical (unpaired) electrons. The van der Waals surface area contributed by atoms with Gasteiger partial charge in [-0.2, -0.15) is 0 Å². The molecule has 0 spiro atoms. The maximum atomic E-state index is 12.2. The maximum absolute atomic E-state index is 12.2. The van der Waals surface area contributed by atoms with Gasteiger partial charge in [-0.3, -0.25) is 4.79 Å². The van der Waals surface area contributed by atoms with Gasteiger partial charge in [-0.15, -0.1) is 0 Å². The Kier molecular flexibility index (Phi) is 3.06. The van der Waals surface area contributed by atoms with Gasteiger partial charge in [-0.1, -0.05) is 37.3 Å². The van der Waals surface area contributed by atoms with Crippen LogP contribution in [0.5, 0.6) is 5.75 Å². The highest BCUT2D eigenvalue weighted by Gasteiger charge is 2.30. The first-order chi connectivity index (χ1) is 9.69. The zero-order chi connectivity index (χ0) is 14.1. The van der Waals surface area contributed by atoms with Gasteiger partial charge < -0.3 is 15.8 Å². The number of benzene rings is 2. The van der Waals surface area contributed by atoms with Crippen molar-refractivity contribution >= 4 is 17.3 Å². The fourth-order valence-corrected chi connectivity index (χ4v) is 2.36. The van der Waals surface area contributed by atoms with Gasteiger partial charge in [-0.25, -0.2) is 0 Å². The summed E-state index contributed by atoms with van der Waals surface area (Å²) >= 11 is 0. The van der Waals surface area contributed by atoms with Crippen LogP contribution in [0, 0.1) is 0 Å². The lowest BCUT2D eigenvalue weighted by atomic mass is 10.0. The zero-order valence-corrected chi connectivity index (χ0v) is 11.2. The Morgan fingerprint density at radius 2 is 2.00 bits per heavy atom. The van der Waals surface area contributed by atoms with Crippen molar-refractivity contribution in [1.29, 1.82) is 0 Å². The molecule has 20 heavy (non-hydrogen) atoms. The molecule has 3 rings (SSSR count). The number of fused-ring (bicyclic) bond motifs is 1. The first-order valence-corrected chi connectivity index (χ1v) is 6.64. The lowest BCUT2D eigenvalue weighted by Crippen LogP contribution is -2.30. The number of hydrogen-bond acceptors (Lipinski definition) is 3. The number of anilines is 2. The number of nitrogen functional groups attached to an aromatic ring is 1. The number of carbonyl (C=O) groups excluding carboxylic acids is 1. The number of nitrogens with one attached hydrogen (secondary N) is 1. The highest BCUT2D eigenvalue weighted by atomic mass is 16.5. The van der Waals surface area contributed by atoms with Crippen LogP contribution in [0.3, 0.4) is 0 Å². The average Bonchev–Trinajstić information content (AvgIpc) is 2.47. The van der Waals surface area contributed by atoms with Gasteiger partial charge >= 0.3 is 0 Å². The summed E-state index contributed by atoms with van der Waals surface area (Å²) in [5, 5.41) is 2.88. The molecule has 102 valence electrons. The quantitative estimate of drug-likeness (QED) is 0.823. The number of carbonyl (C=O) groups is 1. The summed E-state index contributed by atoms with van der Waals surface area (Å²) < 4.78 is 5.82. The summed E-state index contributed by atoms with van der Waals surface area (Å²) in [6.45, 7) is 2.04. The second-order valence-electron chi connectivity index (χ2n) is 4.81. The van der Waals surface area contributed by atoms with Crippen molar-refractivity contribution in [2.45, 2.75) is 19.4 Å². The van der Waals surface area contributed by atoms with Gasteiger partial charge in [0.25, 0.3) is 5.91 Å². The summed E-state index contributed by atoms with van der Waals surface area (Å²) in [5.74, 6) is 0.381. The van der Waals surface area contributed by atoms with Crippen molar-refractivity contribution < 1.29 is 9.53 Å². The van der Waals surface area contributed by atoms with Gasteiger partial charge in [0.05, 0.1) is 11.4 Å². The van der Waals surface area contributed by atoms with Crippen LogP contribution in [0.2, 0.25) is 0 Å². The summed E-state index contributed by atoms with van der Waals surface area (Å²) in [4.78, 5) is 12.2. The molecular formula is C16H16N2O2. The first kappa shape index (κ1) is 12.5. The van der Waals surface area contributed by atoms with E-state index in [4.69, 9.17) is 10.5 Å². The van der Waals surface area contributed by atoms with E-state index in [1.807, 2.05) is 49.4 Å². The molecule has 1 amide bonds. The predicted molar refractivity (Wildman–Crippen MR) is 78.7 cm³/mol. The summed E-state index contributed by atoms with van der Waals surface area (Å²) in [6.07, 6.45) is 0.202.